The number of halogens is 1. The fraction of sp³-hybridized carbons (Fsp3) is 0.467. The van der Waals surface area contributed by atoms with Gasteiger partial charge in [0, 0.05) is 12.2 Å². The van der Waals surface area contributed by atoms with Crippen LogP contribution in [0.3, 0.4) is 0 Å². The van der Waals surface area contributed by atoms with Gasteiger partial charge in [0.1, 0.15) is 5.82 Å². The molecule has 6 heteroatoms. The molecule has 0 saturated heterocycles. The van der Waals surface area contributed by atoms with Gasteiger partial charge in [-0.1, -0.05) is 18.9 Å². The van der Waals surface area contributed by atoms with Crippen molar-refractivity contribution in [3.8, 4) is 0 Å². The molecule has 114 valence electrons. The van der Waals surface area contributed by atoms with Crippen molar-refractivity contribution in [3.63, 3.8) is 0 Å². The standard InChI is InChI=1S/C15H19FN2O3/c16-11-6-3-7-12(8-11)18-15(21)14(20)17-9-13(19)10-4-1-2-5-10/h3,6-8,10,13,19H,1-2,4-5,9H2,(H,17,20)(H,18,21). The highest BCUT2D eigenvalue weighted by atomic mass is 19.1. The predicted molar refractivity (Wildman–Crippen MR) is 76.0 cm³/mol. The highest BCUT2D eigenvalue weighted by molar-refractivity contribution is 6.39. The molecule has 5 nitrogen and oxygen atoms in total. The zero-order valence-electron chi connectivity index (χ0n) is 11.6. The van der Waals surface area contributed by atoms with Crippen molar-refractivity contribution in [1.29, 1.82) is 0 Å². The minimum atomic E-state index is -0.876. The Kier molecular flexibility index (Phi) is 5.27. The molecule has 1 atom stereocenters. The molecule has 0 aliphatic heterocycles. The first-order chi connectivity index (χ1) is 10.1. The summed E-state index contributed by atoms with van der Waals surface area (Å²) in [6.07, 6.45) is 3.46. The van der Waals surface area contributed by atoms with Gasteiger partial charge in [0.15, 0.2) is 0 Å². The molecule has 1 aromatic carbocycles. The molecule has 0 bridgehead atoms. The minimum absolute atomic E-state index is 0.0556. The summed E-state index contributed by atoms with van der Waals surface area (Å²) >= 11 is 0. The number of nitrogens with one attached hydrogen (secondary N) is 2. The summed E-state index contributed by atoms with van der Waals surface area (Å²) < 4.78 is 13.0. The molecule has 2 amide bonds. The van der Waals surface area contributed by atoms with E-state index in [1.807, 2.05) is 0 Å². The number of anilines is 1. The van der Waals surface area contributed by atoms with Crippen LogP contribution in [-0.2, 0) is 9.59 Å². The first-order valence-electron chi connectivity index (χ1n) is 7.09. The normalized spacial score (nSPS) is 16.5. The average molecular weight is 294 g/mol. The minimum Gasteiger partial charge on any atom is -0.391 e. The molecular formula is C15H19FN2O3. The summed E-state index contributed by atoms with van der Waals surface area (Å²) in [5, 5.41) is 14.6. The maximum Gasteiger partial charge on any atom is 0.313 e. The van der Waals surface area contributed by atoms with Crippen LogP contribution in [0.4, 0.5) is 10.1 Å². The van der Waals surface area contributed by atoms with E-state index in [1.54, 1.807) is 0 Å². The monoisotopic (exact) mass is 294 g/mol. The van der Waals surface area contributed by atoms with E-state index in [4.69, 9.17) is 0 Å². The molecular weight excluding hydrogens is 275 g/mol. The molecule has 1 aliphatic rings. The van der Waals surface area contributed by atoms with Crippen molar-refractivity contribution < 1.29 is 19.1 Å². The van der Waals surface area contributed by atoms with Crippen LogP contribution >= 0.6 is 0 Å². The van der Waals surface area contributed by atoms with E-state index in [-0.39, 0.29) is 18.2 Å². The van der Waals surface area contributed by atoms with E-state index >= 15 is 0 Å². The number of carbonyl (C=O) groups is 2. The summed E-state index contributed by atoms with van der Waals surface area (Å²) in [5.41, 5.74) is 0.214. The van der Waals surface area contributed by atoms with Crippen molar-refractivity contribution in [1.82, 2.24) is 5.32 Å². The first-order valence-corrected chi connectivity index (χ1v) is 7.09. The number of hydrogen-bond acceptors (Lipinski definition) is 3. The molecule has 0 spiro atoms. The maximum absolute atomic E-state index is 13.0. The molecule has 0 radical (unpaired) electrons. The SMILES string of the molecule is O=C(NCC(O)C1CCCC1)C(=O)Nc1cccc(F)c1. The molecule has 1 saturated carbocycles. The number of carbonyl (C=O) groups excluding carboxylic acids is 2. The van der Waals surface area contributed by atoms with Crippen molar-refractivity contribution in [3.05, 3.63) is 30.1 Å². The number of benzene rings is 1. The summed E-state index contributed by atoms with van der Waals surface area (Å²) in [7, 11) is 0. The lowest BCUT2D eigenvalue weighted by atomic mass is 10.0. The number of hydrogen-bond donors (Lipinski definition) is 3. The molecule has 1 aliphatic carbocycles. The van der Waals surface area contributed by atoms with Gasteiger partial charge in [-0.05, 0) is 37.0 Å². The van der Waals surface area contributed by atoms with Gasteiger partial charge in [-0.3, -0.25) is 9.59 Å². The Labute approximate surface area is 122 Å². The number of amides is 2. The molecule has 3 N–H and O–H groups in total. The van der Waals surface area contributed by atoms with E-state index < -0.39 is 23.7 Å². The lowest BCUT2D eigenvalue weighted by molar-refractivity contribution is -0.136. The fourth-order valence-corrected chi connectivity index (χ4v) is 2.54. The van der Waals surface area contributed by atoms with Crippen LogP contribution in [0.2, 0.25) is 0 Å². The second kappa shape index (κ2) is 7.17. The zero-order valence-corrected chi connectivity index (χ0v) is 11.6. The van der Waals surface area contributed by atoms with Crippen LogP contribution in [0.15, 0.2) is 24.3 Å². The van der Waals surface area contributed by atoms with Crippen molar-refractivity contribution in [2.24, 2.45) is 5.92 Å². The van der Waals surface area contributed by atoms with Crippen molar-refractivity contribution in [2.45, 2.75) is 31.8 Å². The van der Waals surface area contributed by atoms with Gasteiger partial charge < -0.3 is 15.7 Å². The Bertz CT molecular complexity index is 515. The van der Waals surface area contributed by atoms with Crippen molar-refractivity contribution >= 4 is 17.5 Å². The largest absolute Gasteiger partial charge is 0.391 e. The van der Waals surface area contributed by atoms with Crippen LogP contribution in [-0.4, -0.2) is 29.6 Å². The zero-order chi connectivity index (χ0) is 15.2. The van der Waals surface area contributed by atoms with E-state index in [0.717, 1.165) is 31.7 Å². The summed E-state index contributed by atoms with van der Waals surface area (Å²) in [6, 6.07) is 5.29. The summed E-state index contributed by atoms with van der Waals surface area (Å²) in [5.74, 6) is -2.02. The van der Waals surface area contributed by atoms with Gasteiger partial charge >= 0.3 is 11.8 Å². The highest BCUT2D eigenvalue weighted by Gasteiger charge is 2.24. The molecule has 0 aromatic heterocycles. The molecule has 0 heterocycles. The lowest BCUT2D eigenvalue weighted by Gasteiger charge is -2.17. The van der Waals surface area contributed by atoms with Crippen molar-refractivity contribution in [2.75, 3.05) is 11.9 Å². The molecule has 1 aromatic rings. The van der Waals surface area contributed by atoms with Crippen LogP contribution < -0.4 is 10.6 Å². The van der Waals surface area contributed by atoms with Gasteiger partial charge in [-0.25, -0.2) is 4.39 Å². The third-order valence-corrected chi connectivity index (χ3v) is 3.70. The topological polar surface area (TPSA) is 78.4 Å². The average Bonchev–Trinajstić information content (AvgIpc) is 2.98. The van der Waals surface area contributed by atoms with Crippen LogP contribution in [0.5, 0.6) is 0 Å². The maximum atomic E-state index is 13.0. The first kappa shape index (κ1) is 15.4. The summed E-state index contributed by atoms with van der Waals surface area (Å²) in [6.45, 7) is 0.0556. The van der Waals surface area contributed by atoms with Crippen LogP contribution in [0, 0.1) is 11.7 Å². The summed E-state index contributed by atoms with van der Waals surface area (Å²) in [4.78, 5) is 23.3. The van der Waals surface area contributed by atoms with Gasteiger partial charge in [0.05, 0.1) is 6.10 Å². The fourth-order valence-electron chi connectivity index (χ4n) is 2.54. The molecule has 21 heavy (non-hydrogen) atoms. The molecule has 1 fully saturated rings. The second-order valence-corrected chi connectivity index (χ2v) is 5.29. The quantitative estimate of drug-likeness (QED) is 0.735. The van der Waals surface area contributed by atoms with Gasteiger partial charge in [-0.15, -0.1) is 0 Å². The Morgan fingerprint density at radius 1 is 1.29 bits per heavy atom. The van der Waals surface area contributed by atoms with Gasteiger partial charge in [0.2, 0.25) is 0 Å². The number of aliphatic hydroxyl groups is 1. The Morgan fingerprint density at radius 3 is 2.67 bits per heavy atom. The van der Waals surface area contributed by atoms with Gasteiger partial charge in [-0.2, -0.15) is 0 Å². The number of rotatable bonds is 4. The Hall–Kier alpha value is -1.95. The second-order valence-electron chi connectivity index (χ2n) is 5.29. The van der Waals surface area contributed by atoms with E-state index in [2.05, 4.69) is 10.6 Å². The van der Waals surface area contributed by atoms with Gasteiger partial charge in [0.25, 0.3) is 0 Å². The van der Waals surface area contributed by atoms with Crippen LogP contribution in [0.1, 0.15) is 25.7 Å². The molecule has 1 unspecified atom stereocenters. The number of aliphatic hydroxyl groups excluding tert-OH is 1. The smallest absolute Gasteiger partial charge is 0.313 e. The van der Waals surface area contributed by atoms with Crippen LogP contribution in [0.25, 0.3) is 0 Å². The highest BCUT2D eigenvalue weighted by Crippen LogP contribution is 2.27. The lowest BCUT2D eigenvalue weighted by Crippen LogP contribution is -2.41. The molecule has 2 rings (SSSR count). The third-order valence-electron chi connectivity index (χ3n) is 3.70. The Morgan fingerprint density at radius 2 is 2.00 bits per heavy atom. The third kappa shape index (κ3) is 4.53. The van der Waals surface area contributed by atoms with E-state index in [1.165, 1.54) is 18.2 Å². The van der Waals surface area contributed by atoms with E-state index in [0.29, 0.717) is 0 Å². The van der Waals surface area contributed by atoms with E-state index in [9.17, 15) is 19.1 Å². The Balaban J connectivity index is 1.78. The predicted octanol–water partition coefficient (Wildman–Crippen LogP) is 1.43.